The molecule has 9 heteroatoms. The van der Waals surface area contributed by atoms with Crippen LogP contribution in [0.25, 0.3) is 0 Å². The standard InChI is InChI=1S/C7H14N2O3.2CO2/c1-4-9(5-6(10)11)7(12)8(2)3;2*2-1-3/h4-5H2,1-3H3,(H,10,11);;. The van der Waals surface area contributed by atoms with Gasteiger partial charge in [0.2, 0.25) is 0 Å². The first-order valence-corrected chi connectivity index (χ1v) is 4.48. The molecule has 0 radical (unpaired) electrons. The fourth-order valence-corrected chi connectivity index (χ4v) is 0.761. The molecule has 0 aliphatic rings. The van der Waals surface area contributed by atoms with Crippen molar-refractivity contribution in [3.05, 3.63) is 0 Å². The lowest BCUT2D eigenvalue weighted by atomic mass is 10.5. The minimum atomic E-state index is -0.993. The van der Waals surface area contributed by atoms with Gasteiger partial charge in [-0.25, -0.2) is 4.79 Å². The normalized spacial score (nSPS) is 7.06. The zero-order valence-electron chi connectivity index (χ0n) is 10.2. The summed E-state index contributed by atoms with van der Waals surface area (Å²) in [5.41, 5.74) is 0. The van der Waals surface area contributed by atoms with E-state index in [1.807, 2.05) is 0 Å². The molecule has 0 bridgehead atoms. The fourth-order valence-electron chi connectivity index (χ4n) is 0.761. The van der Waals surface area contributed by atoms with E-state index in [0.29, 0.717) is 6.54 Å². The molecule has 1 N–H and O–H groups in total. The van der Waals surface area contributed by atoms with E-state index in [1.165, 1.54) is 9.80 Å². The van der Waals surface area contributed by atoms with Crippen LogP contribution in [0.5, 0.6) is 0 Å². The number of rotatable bonds is 3. The number of hydrogen-bond donors (Lipinski definition) is 1. The largest absolute Gasteiger partial charge is 0.480 e. The lowest BCUT2D eigenvalue weighted by Crippen LogP contribution is -2.41. The summed E-state index contributed by atoms with van der Waals surface area (Å²) in [7, 11) is 3.18. The predicted molar refractivity (Wildman–Crippen MR) is 54.0 cm³/mol. The van der Waals surface area contributed by atoms with Gasteiger partial charge in [-0.05, 0) is 6.92 Å². The molecule has 0 aromatic heterocycles. The van der Waals surface area contributed by atoms with Crippen LogP contribution in [-0.2, 0) is 24.0 Å². The first-order valence-electron chi connectivity index (χ1n) is 4.48. The molecule has 0 aromatic rings. The second kappa shape index (κ2) is 14.5. The van der Waals surface area contributed by atoms with E-state index in [4.69, 9.17) is 24.3 Å². The number of nitrogens with zero attached hydrogens (tertiary/aromatic N) is 2. The predicted octanol–water partition coefficient (Wildman–Crippen LogP) is -1.09. The number of aliphatic carboxylic acids is 1. The van der Waals surface area contributed by atoms with Gasteiger partial charge in [-0.15, -0.1) is 0 Å². The third kappa shape index (κ3) is 15.9. The van der Waals surface area contributed by atoms with Crippen LogP contribution in [0.2, 0.25) is 0 Å². The quantitative estimate of drug-likeness (QED) is 0.683. The molecule has 0 aromatic carbocycles. The van der Waals surface area contributed by atoms with Crippen molar-refractivity contribution >= 4 is 24.3 Å². The highest BCUT2D eigenvalue weighted by atomic mass is 16.4. The summed E-state index contributed by atoms with van der Waals surface area (Å²) in [6.45, 7) is 1.90. The number of carbonyl (C=O) groups excluding carboxylic acids is 5. The van der Waals surface area contributed by atoms with Gasteiger partial charge in [0.15, 0.2) is 0 Å². The van der Waals surface area contributed by atoms with Crippen molar-refractivity contribution in [3.8, 4) is 0 Å². The first-order chi connectivity index (χ1) is 8.31. The van der Waals surface area contributed by atoms with Crippen molar-refractivity contribution < 1.29 is 33.9 Å². The zero-order valence-corrected chi connectivity index (χ0v) is 10.2. The van der Waals surface area contributed by atoms with Gasteiger partial charge in [0, 0.05) is 20.6 Å². The van der Waals surface area contributed by atoms with Gasteiger partial charge in [0.25, 0.3) is 0 Å². The molecule has 0 saturated carbocycles. The van der Waals surface area contributed by atoms with Gasteiger partial charge in [-0.2, -0.15) is 19.2 Å². The molecule has 2 amide bonds. The number of likely N-dealkylation sites (N-methyl/N-ethyl adjacent to an activating group) is 1. The highest BCUT2D eigenvalue weighted by Crippen LogP contribution is 1.93. The molecule has 0 saturated heterocycles. The Morgan fingerprint density at radius 3 is 1.56 bits per heavy atom. The third-order valence-electron chi connectivity index (χ3n) is 1.36. The summed E-state index contributed by atoms with van der Waals surface area (Å²) in [6, 6.07) is -0.278. The molecular weight excluding hydrogens is 248 g/mol. The van der Waals surface area contributed by atoms with Crippen molar-refractivity contribution in [3.63, 3.8) is 0 Å². The Labute approximate surface area is 103 Å². The molecule has 9 nitrogen and oxygen atoms in total. The molecule has 0 heterocycles. The van der Waals surface area contributed by atoms with Crippen LogP contribution in [-0.4, -0.2) is 66.4 Å². The summed E-state index contributed by atoms with van der Waals surface area (Å²) in [5.74, 6) is -0.993. The molecule has 0 spiro atoms. The Hall–Kier alpha value is -2.50. The van der Waals surface area contributed by atoms with Crippen LogP contribution >= 0.6 is 0 Å². The Bertz CT molecular complexity index is 303. The van der Waals surface area contributed by atoms with Gasteiger partial charge in [0.05, 0.1) is 0 Å². The fraction of sp³-hybridized carbons (Fsp3) is 0.556. The Morgan fingerprint density at radius 1 is 1.06 bits per heavy atom. The first kappa shape index (κ1) is 20.9. The Morgan fingerprint density at radius 2 is 1.39 bits per heavy atom. The van der Waals surface area contributed by atoms with E-state index >= 15 is 0 Å². The molecule has 18 heavy (non-hydrogen) atoms. The van der Waals surface area contributed by atoms with Crippen molar-refractivity contribution in [1.29, 1.82) is 0 Å². The molecular formula is C9H14N2O7. The maximum atomic E-state index is 11.2. The van der Waals surface area contributed by atoms with E-state index in [0.717, 1.165) is 0 Å². The third-order valence-corrected chi connectivity index (χ3v) is 1.36. The summed E-state index contributed by atoms with van der Waals surface area (Å²) >= 11 is 0. The molecule has 0 unspecified atom stereocenters. The number of carboxylic acids is 1. The number of hydrogen-bond acceptors (Lipinski definition) is 6. The van der Waals surface area contributed by atoms with Crippen LogP contribution in [0.4, 0.5) is 4.79 Å². The monoisotopic (exact) mass is 262 g/mol. The molecule has 0 atom stereocenters. The molecule has 0 aliphatic heterocycles. The SMILES string of the molecule is CCN(CC(=O)O)C(=O)N(C)C.O=C=O.O=C=O. The van der Waals surface area contributed by atoms with Crippen molar-refractivity contribution in [2.24, 2.45) is 0 Å². The van der Waals surface area contributed by atoms with E-state index in [2.05, 4.69) is 0 Å². The Kier molecular flexibility index (Phi) is 16.8. The number of carboxylic acid groups (broad SMARTS) is 1. The highest BCUT2D eigenvalue weighted by Gasteiger charge is 2.15. The maximum absolute atomic E-state index is 11.2. The Balaban J connectivity index is -0.000000315. The minimum absolute atomic E-state index is 0.243. The molecule has 102 valence electrons. The van der Waals surface area contributed by atoms with E-state index in [9.17, 15) is 9.59 Å². The average molecular weight is 262 g/mol. The van der Waals surface area contributed by atoms with Gasteiger partial charge in [-0.1, -0.05) is 0 Å². The second-order valence-electron chi connectivity index (χ2n) is 2.75. The molecule has 0 rings (SSSR count). The number of carbonyl (C=O) groups is 2. The highest BCUT2D eigenvalue weighted by molar-refractivity contribution is 5.79. The number of amides is 2. The van der Waals surface area contributed by atoms with Crippen LogP contribution < -0.4 is 0 Å². The van der Waals surface area contributed by atoms with Crippen molar-refractivity contribution in [2.75, 3.05) is 27.2 Å². The van der Waals surface area contributed by atoms with Crippen molar-refractivity contribution in [1.82, 2.24) is 9.80 Å². The van der Waals surface area contributed by atoms with Crippen molar-refractivity contribution in [2.45, 2.75) is 6.92 Å². The van der Waals surface area contributed by atoms with Crippen LogP contribution in [0.15, 0.2) is 0 Å². The lowest BCUT2D eigenvalue weighted by Gasteiger charge is -2.22. The van der Waals surface area contributed by atoms with E-state index in [-0.39, 0.29) is 24.9 Å². The smallest absolute Gasteiger partial charge is 0.373 e. The molecule has 0 fully saturated rings. The lowest BCUT2D eigenvalue weighted by molar-refractivity contribution is -0.193. The summed E-state index contributed by atoms with van der Waals surface area (Å²) in [5, 5.41) is 8.43. The molecule has 0 aliphatic carbocycles. The van der Waals surface area contributed by atoms with Crippen LogP contribution in [0, 0.1) is 0 Å². The van der Waals surface area contributed by atoms with E-state index < -0.39 is 5.97 Å². The second-order valence-corrected chi connectivity index (χ2v) is 2.75. The average Bonchev–Trinajstić information content (AvgIpc) is 2.26. The summed E-state index contributed by atoms with van der Waals surface area (Å²) < 4.78 is 0. The minimum Gasteiger partial charge on any atom is -0.480 e. The maximum Gasteiger partial charge on any atom is 0.373 e. The topological polar surface area (TPSA) is 129 Å². The van der Waals surface area contributed by atoms with Gasteiger partial charge in [0.1, 0.15) is 6.54 Å². The van der Waals surface area contributed by atoms with E-state index in [1.54, 1.807) is 21.0 Å². The van der Waals surface area contributed by atoms with Crippen LogP contribution in [0.3, 0.4) is 0 Å². The van der Waals surface area contributed by atoms with Gasteiger partial charge < -0.3 is 14.9 Å². The summed E-state index contributed by atoms with van der Waals surface area (Å²) in [6.07, 6.45) is 0.500. The van der Waals surface area contributed by atoms with Gasteiger partial charge >= 0.3 is 24.3 Å². The van der Waals surface area contributed by atoms with Gasteiger partial charge in [-0.3, -0.25) is 4.79 Å². The number of urea groups is 1. The van der Waals surface area contributed by atoms with Crippen LogP contribution in [0.1, 0.15) is 6.92 Å². The zero-order chi connectivity index (χ0) is 15.1. The summed E-state index contributed by atoms with van der Waals surface area (Å²) in [4.78, 5) is 56.6.